The molecule has 6 nitrogen and oxygen atoms in total. The molecule has 1 aromatic rings. The van der Waals surface area contributed by atoms with Gasteiger partial charge in [-0.15, -0.1) is 0 Å². The summed E-state index contributed by atoms with van der Waals surface area (Å²) in [4.78, 5) is 25.4. The number of carbonyl (C=O) groups is 2. The van der Waals surface area contributed by atoms with Crippen LogP contribution in [0.25, 0.3) is 0 Å². The normalized spacial score (nSPS) is 30.5. The third-order valence-corrected chi connectivity index (χ3v) is 6.78. The van der Waals surface area contributed by atoms with Gasteiger partial charge in [0.1, 0.15) is 0 Å². The minimum absolute atomic E-state index is 0.0884. The molecule has 4 aliphatic rings. The Morgan fingerprint density at radius 3 is 2.28 bits per heavy atom. The van der Waals surface area contributed by atoms with Crippen LogP contribution in [0.5, 0.6) is 11.5 Å². The van der Waals surface area contributed by atoms with Crippen LogP contribution in [0.4, 0.5) is 0 Å². The van der Waals surface area contributed by atoms with Crippen molar-refractivity contribution in [2.24, 2.45) is 17.8 Å². The molecule has 1 atom stereocenters. The Morgan fingerprint density at radius 2 is 1.72 bits per heavy atom. The number of ether oxygens (including phenoxy) is 3. The van der Waals surface area contributed by atoms with Crippen LogP contribution in [0.2, 0.25) is 0 Å². The number of esters is 1. The summed E-state index contributed by atoms with van der Waals surface area (Å²) in [6.45, 7) is 4.02. The summed E-state index contributed by atoms with van der Waals surface area (Å²) in [7, 11) is 1.52. The largest absolute Gasteiger partial charge is 0.493 e. The van der Waals surface area contributed by atoms with E-state index >= 15 is 0 Å². The second-order valence-corrected chi connectivity index (χ2v) is 9.03. The van der Waals surface area contributed by atoms with Crippen molar-refractivity contribution in [2.75, 3.05) is 13.7 Å². The zero-order chi connectivity index (χ0) is 20.6. The molecule has 1 amide bonds. The molecule has 6 heteroatoms. The SMILES string of the molecule is CCOc1ccc(C(=O)O[C@@H](C)C(=O)NC23CC4CC(CC(C4)C2)C3)cc1OC. The van der Waals surface area contributed by atoms with E-state index in [0.717, 1.165) is 37.0 Å². The summed E-state index contributed by atoms with van der Waals surface area (Å²) >= 11 is 0. The first kappa shape index (κ1) is 20.0. The van der Waals surface area contributed by atoms with Crippen LogP contribution in [0, 0.1) is 17.8 Å². The minimum Gasteiger partial charge on any atom is -0.493 e. The number of nitrogens with one attached hydrogen (secondary N) is 1. The van der Waals surface area contributed by atoms with E-state index in [1.807, 2.05) is 6.92 Å². The summed E-state index contributed by atoms with van der Waals surface area (Å²) in [5.74, 6) is 2.53. The lowest BCUT2D eigenvalue weighted by molar-refractivity contribution is -0.134. The number of benzene rings is 1. The van der Waals surface area contributed by atoms with Gasteiger partial charge in [-0.1, -0.05) is 0 Å². The molecule has 0 heterocycles. The van der Waals surface area contributed by atoms with E-state index in [4.69, 9.17) is 14.2 Å². The topological polar surface area (TPSA) is 73.9 Å². The summed E-state index contributed by atoms with van der Waals surface area (Å²) in [6.07, 6.45) is 6.33. The number of hydrogen-bond donors (Lipinski definition) is 1. The monoisotopic (exact) mass is 401 g/mol. The third kappa shape index (κ3) is 4.07. The van der Waals surface area contributed by atoms with E-state index in [2.05, 4.69) is 5.32 Å². The highest BCUT2D eigenvalue weighted by atomic mass is 16.5. The molecule has 5 rings (SSSR count). The summed E-state index contributed by atoms with van der Waals surface area (Å²) in [5.41, 5.74) is 0.245. The zero-order valence-electron chi connectivity index (χ0n) is 17.5. The molecule has 0 spiro atoms. The molecular formula is C23H31NO5. The van der Waals surface area contributed by atoms with E-state index in [-0.39, 0.29) is 11.4 Å². The van der Waals surface area contributed by atoms with Gasteiger partial charge in [0.15, 0.2) is 17.6 Å². The predicted octanol–water partition coefficient (Wildman–Crippen LogP) is 3.72. The van der Waals surface area contributed by atoms with Crippen LogP contribution in [0.1, 0.15) is 62.7 Å². The molecule has 0 radical (unpaired) electrons. The Morgan fingerprint density at radius 1 is 1.10 bits per heavy atom. The van der Waals surface area contributed by atoms with E-state index < -0.39 is 12.1 Å². The van der Waals surface area contributed by atoms with Crippen LogP contribution >= 0.6 is 0 Å². The highest BCUT2D eigenvalue weighted by Gasteiger charge is 2.51. The van der Waals surface area contributed by atoms with Gasteiger partial charge < -0.3 is 19.5 Å². The maximum Gasteiger partial charge on any atom is 0.339 e. The molecule has 29 heavy (non-hydrogen) atoms. The Kier molecular flexibility index (Phi) is 5.45. The minimum atomic E-state index is -0.840. The zero-order valence-corrected chi connectivity index (χ0v) is 17.5. The van der Waals surface area contributed by atoms with Crippen molar-refractivity contribution in [3.8, 4) is 11.5 Å². The highest BCUT2D eigenvalue weighted by Crippen LogP contribution is 2.55. The van der Waals surface area contributed by atoms with Gasteiger partial charge in [0.2, 0.25) is 0 Å². The molecule has 158 valence electrons. The molecule has 4 saturated carbocycles. The predicted molar refractivity (Wildman–Crippen MR) is 108 cm³/mol. The lowest BCUT2D eigenvalue weighted by Gasteiger charge is -2.57. The molecule has 0 aromatic heterocycles. The van der Waals surface area contributed by atoms with E-state index in [1.54, 1.807) is 25.1 Å². The quantitative estimate of drug-likeness (QED) is 0.705. The van der Waals surface area contributed by atoms with Gasteiger partial charge in [-0.05, 0) is 88.3 Å². The Balaban J connectivity index is 1.38. The molecule has 0 saturated heterocycles. The summed E-state index contributed by atoms with van der Waals surface area (Å²) in [5, 5.41) is 3.27. The molecule has 0 unspecified atom stereocenters. The van der Waals surface area contributed by atoms with E-state index in [9.17, 15) is 9.59 Å². The molecule has 1 aromatic carbocycles. The van der Waals surface area contributed by atoms with Crippen molar-refractivity contribution >= 4 is 11.9 Å². The first-order chi connectivity index (χ1) is 13.9. The number of amides is 1. The lowest BCUT2D eigenvalue weighted by Crippen LogP contribution is -2.61. The molecule has 0 aliphatic heterocycles. The van der Waals surface area contributed by atoms with Crippen molar-refractivity contribution < 1.29 is 23.8 Å². The van der Waals surface area contributed by atoms with Crippen LogP contribution in [-0.4, -0.2) is 37.2 Å². The van der Waals surface area contributed by atoms with Crippen molar-refractivity contribution in [1.29, 1.82) is 0 Å². The summed E-state index contributed by atoms with van der Waals surface area (Å²) < 4.78 is 16.2. The Bertz CT molecular complexity index is 754. The molecule has 1 N–H and O–H groups in total. The number of hydrogen-bond acceptors (Lipinski definition) is 5. The van der Waals surface area contributed by atoms with Crippen LogP contribution in [0.3, 0.4) is 0 Å². The number of methoxy groups -OCH3 is 1. The van der Waals surface area contributed by atoms with Gasteiger partial charge in [0.05, 0.1) is 19.3 Å². The first-order valence-electron chi connectivity index (χ1n) is 10.7. The smallest absolute Gasteiger partial charge is 0.339 e. The Labute approximate surface area is 172 Å². The van der Waals surface area contributed by atoms with Crippen LogP contribution < -0.4 is 14.8 Å². The fraction of sp³-hybridized carbons (Fsp3) is 0.652. The van der Waals surface area contributed by atoms with Gasteiger partial charge in [-0.25, -0.2) is 4.79 Å². The Hall–Kier alpha value is -2.24. The average molecular weight is 402 g/mol. The fourth-order valence-corrected chi connectivity index (χ4v) is 5.98. The molecule has 4 bridgehead atoms. The molecular weight excluding hydrogens is 370 g/mol. The van der Waals surface area contributed by atoms with E-state index in [0.29, 0.717) is 23.7 Å². The van der Waals surface area contributed by atoms with Gasteiger partial charge in [-0.2, -0.15) is 0 Å². The van der Waals surface area contributed by atoms with E-state index in [1.165, 1.54) is 26.4 Å². The van der Waals surface area contributed by atoms with Gasteiger partial charge in [0, 0.05) is 5.54 Å². The highest BCUT2D eigenvalue weighted by molar-refractivity contribution is 5.93. The van der Waals surface area contributed by atoms with Gasteiger partial charge >= 0.3 is 5.97 Å². The maximum atomic E-state index is 12.8. The van der Waals surface area contributed by atoms with Gasteiger partial charge in [-0.3, -0.25) is 4.79 Å². The number of rotatable bonds is 7. The maximum absolute atomic E-state index is 12.8. The second kappa shape index (κ2) is 7.88. The first-order valence-corrected chi connectivity index (χ1v) is 10.7. The van der Waals surface area contributed by atoms with Crippen molar-refractivity contribution in [2.45, 2.75) is 64.0 Å². The van der Waals surface area contributed by atoms with Crippen molar-refractivity contribution in [3.63, 3.8) is 0 Å². The molecule has 4 fully saturated rings. The van der Waals surface area contributed by atoms with Crippen LogP contribution in [0.15, 0.2) is 18.2 Å². The van der Waals surface area contributed by atoms with Crippen LogP contribution in [-0.2, 0) is 9.53 Å². The van der Waals surface area contributed by atoms with Crippen molar-refractivity contribution in [1.82, 2.24) is 5.32 Å². The van der Waals surface area contributed by atoms with Crippen molar-refractivity contribution in [3.05, 3.63) is 23.8 Å². The average Bonchev–Trinajstić information content (AvgIpc) is 2.66. The van der Waals surface area contributed by atoms with Gasteiger partial charge in [0.25, 0.3) is 5.91 Å². The fourth-order valence-electron chi connectivity index (χ4n) is 5.98. The lowest BCUT2D eigenvalue weighted by atomic mass is 9.53. The second-order valence-electron chi connectivity index (χ2n) is 9.03. The third-order valence-electron chi connectivity index (χ3n) is 6.78. The number of carbonyl (C=O) groups excluding carboxylic acids is 2. The summed E-state index contributed by atoms with van der Waals surface area (Å²) in [6, 6.07) is 4.88. The molecule has 4 aliphatic carbocycles. The standard InChI is InChI=1S/C23H31NO5/c1-4-28-19-6-5-18(10-20(19)27-3)22(26)29-14(2)21(25)24-23-11-15-7-16(12-23)9-17(8-15)13-23/h5-6,10,14-17H,4,7-9,11-13H2,1-3H3,(H,24,25)/t14-,15?,16?,17?,23?/m0/s1.